The Balaban J connectivity index is 1.34. The fourth-order valence-electron chi connectivity index (χ4n) is 3.98. The van der Waals surface area contributed by atoms with Crippen LogP contribution in [-0.2, 0) is 26.1 Å². The van der Waals surface area contributed by atoms with Gasteiger partial charge in [-0.15, -0.1) is 0 Å². The zero-order valence-electron chi connectivity index (χ0n) is 19.3. The average Bonchev–Trinajstić information content (AvgIpc) is 2.87. The van der Waals surface area contributed by atoms with Crippen LogP contribution in [0, 0.1) is 0 Å². The third kappa shape index (κ3) is 6.77. The molecule has 0 saturated heterocycles. The molecule has 2 radical (unpaired) electrons. The first-order valence-corrected chi connectivity index (χ1v) is 12.5. The van der Waals surface area contributed by atoms with Gasteiger partial charge in [0.15, 0.2) is 0 Å². The first kappa shape index (κ1) is 24.2. The minimum absolute atomic E-state index is 0.516. The van der Waals surface area contributed by atoms with Gasteiger partial charge in [-0.25, -0.2) is 0 Å². The first-order chi connectivity index (χ1) is 16.7. The third-order valence-corrected chi connectivity index (χ3v) is 6.39. The van der Waals surface area contributed by atoms with E-state index >= 15 is 0 Å². The highest BCUT2D eigenvalue weighted by Gasteiger charge is 2.10. The summed E-state index contributed by atoms with van der Waals surface area (Å²) in [7, 11) is 6.25. The van der Waals surface area contributed by atoms with Gasteiger partial charge in [0.1, 0.15) is 32.6 Å². The van der Waals surface area contributed by atoms with Crippen LogP contribution in [0.5, 0.6) is 11.5 Å². The second kappa shape index (κ2) is 12.5. The monoisotopic (exact) mass is 510 g/mol. The molecular formula is C30H28BBrO2. The highest BCUT2D eigenvalue weighted by Crippen LogP contribution is 2.31. The number of halogens is 1. The van der Waals surface area contributed by atoms with E-state index in [1.54, 1.807) is 0 Å². The van der Waals surface area contributed by atoms with Crippen LogP contribution in [0.3, 0.4) is 0 Å². The Morgan fingerprint density at radius 3 is 1.65 bits per heavy atom. The van der Waals surface area contributed by atoms with Gasteiger partial charge in [-0.05, 0) is 69.9 Å². The van der Waals surface area contributed by atoms with E-state index in [9.17, 15) is 0 Å². The minimum atomic E-state index is 0.516. The summed E-state index contributed by atoms with van der Waals surface area (Å²) in [6, 6.07) is 32.7. The molecule has 0 spiro atoms. The summed E-state index contributed by atoms with van der Waals surface area (Å²) in [5, 5.41) is 0. The molecule has 0 amide bonds. The average molecular weight is 511 g/mol. The second-order valence-corrected chi connectivity index (χ2v) is 9.17. The Morgan fingerprint density at radius 1 is 0.559 bits per heavy atom. The maximum absolute atomic E-state index is 6.25. The van der Waals surface area contributed by atoms with E-state index in [0.717, 1.165) is 58.3 Å². The molecule has 0 fully saturated rings. The Labute approximate surface area is 212 Å². The van der Waals surface area contributed by atoms with Crippen molar-refractivity contribution in [2.45, 2.75) is 38.9 Å². The molecule has 2 nitrogen and oxygen atoms in total. The second-order valence-electron chi connectivity index (χ2n) is 8.32. The van der Waals surface area contributed by atoms with Crippen LogP contribution in [0.4, 0.5) is 0 Å². The number of benzene rings is 4. The lowest BCUT2D eigenvalue weighted by atomic mass is 9.91. The number of rotatable bonds is 11. The topological polar surface area (TPSA) is 18.5 Å². The van der Waals surface area contributed by atoms with E-state index < -0.39 is 0 Å². The zero-order chi connectivity index (χ0) is 23.6. The van der Waals surface area contributed by atoms with E-state index in [2.05, 4.69) is 58.4 Å². The highest BCUT2D eigenvalue weighted by molar-refractivity contribution is 9.10. The zero-order valence-corrected chi connectivity index (χ0v) is 20.8. The first-order valence-electron chi connectivity index (χ1n) is 11.7. The van der Waals surface area contributed by atoms with E-state index in [0.29, 0.717) is 18.7 Å². The van der Waals surface area contributed by atoms with Gasteiger partial charge in [0.05, 0.1) is 4.47 Å². The summed E-state index contributed by atoms with van der Waals surface area (Å²) in [6.45, 7) is 1.07. The molecule has 4 heteroatoms. The maximum Gasteiger partial charge on any atom is 0.137 e. The molecule has 4 aromatic rings. The quantitative estimate of drug-likeness (QED) is 0.160. The summed E-state index contributed by atoms with van der Waals surface area (Å²) in [5.41, 5.74) is 5.37. The lowest BCUT2D eigenvalue weighted by Gasteiger charge is -2.16. The van der Waals surface area contributed by atoms with Crippen LogP contribution < -0.4 is 14.9 Å². The van der Waals surface area contributed by atoms with Crippen molar-refractivity contribution in [2.24, 2.45) is 0 Å². The third-order valence-electron chi connectivity index (χ3n) is 5.77. The Hall–Kier alpha value is -2.98. The number of unbranched alkanes of at least 4 members (excludes halogenated alkanes) is 1. The van der Waals surface area contributed by atoms with Crippen LogP contribution in [0.25, 0.3) is 0 Å². The van der Waals surface area contributed by atoms with Crippen molar-refractivity contribution in [3.63, 3.8) is 0 Å². The number of para-hydroxylation sites is 2. The SMILES string of the molecule is [B]c1cccc(CCCCc2cccc(Br)c2OCc2ccccc2)c1OCc1ccccc1. The molecule has 170 valence electrons. The van der Waals surface area contributed by atoms with Crippen LogP contribution in [0.2, 0.25) is 0 Å². The van der Waals surface area contributed by atoms with Gasteiger partial charge >= 0.3 is 0 Å². The predicted octanol–water partition coefficient (Wildman–Crippen LogP) is 6.97. The molecule has 0 heterocycles. The molecule has 4 aromatic carbocycles. The molecule has 0 N–H and O–H groups in total. The lowest BCUT2D eigenvalue weighted by molar-refractivity contribution is 0.300. The van der Waals surface area contributed by atoms with Crippen molar-refractivity contribution in [3.8, 4) is 11.5 Å². The van der Waals surface area contributed by atoms with Gasteiger partial charge in [0, 0.05) is 0 Å². The normalized spacial score (nSPS) is 10.7. The van der Waals surface area contributed by atoms with Crippen molar-refractivity contribution in [2.75, 3.05) is 0 Å². The summed E-state index contributed by atoms with van der Waals surface area (Å²) in [5.74, 6) is 1.74. The summed E-state index contributed by atoms with van der Waals surface area (Å²) >= 11 is 3.66. The fraction of sp³-hybridized carbons (Fsp3) is 0.200. The molecule has 0 saturated carbocycles. The number of aryl methyl sites for hydroxylation is 2. The van der Waals surface area contributed by atoms with Crippen LogP contribution in [-0.4, -0.2) is 7.85 Å². The standard InChI is InChI=1S/C30H28BBrO2/c31-27-19-9-17-25(29(27)33-21-23-11-3-1-4-12-23)15-7-8-16-26-18-10-20-28(32)30(26)34-22-24-13-5-2-6-14-24/h1-6,9-14,17-20H,7-8,15-16,21-22H2. The van der Waals surface area contributed by atoms with Crippen LogP contribution in [0.15, 0.2) is 102 Å². The molecule has 0 atom stereocenters. The van der Waals surface area contributed by atoms with Crippen LogP contribution in [0.1, 0.15) is 35.1 Å². The van der Waals surface area contributed by atoms with Crippen LogP contribution >= 0.6 is 15.9 Å². The smallest absolute Gasteiger partial charge is 0.137 e. The summed E-state index contributed by atoms with van der Waals surface area (Å²) in [6.07, 6.45) is 3.95. The molecule has 0 aliphatic carbocycles. The molecule has 0 aliphatic heterocycles. The predicted molar refractivity (Wildman–Crippen MR) is 144 cm³/mol. The Bertz CT molecular complexity index is 1080. The van der Waals surface area contributed by atoms with Crippen molar-refractivity contribution >= 4 is 29.2 Å². The highest BCUT2D eigenvalue weighted by atomic mass is 79.9. The van der Waals surface area contributed by atoms with E-state index in [1.165, 1.54) is 5.56 Å². The lowest BCUT2D eigenvalue weighted by Crippen LogP contribution is -2.12. The maximum atomic E-state index is 6.25. The minimum Gasteiger partial charge on any atom is -0.489 e. The van der Waals surface area contributed by atoms with E-state index in [1.807, 2.05) is 54.6 Å². The van der Waals surface area contributed by atoms with Gasteiger partial charge in [0.2, 0.25) is 0 Å². The molecule has 0 bridgehead atoms. The molecule has 0 unspecified atom stereocenters. The molecule has 0 aliphatic rings. The number of hydrogen-bond acceptors (Lipinski definition) is 2. The van der Waals surface area contributed by atoms with Gasteiger partial charge in [0.25, 0.3) is 0 Å². The van der Waals surface area contributed by atoms with Crippen molar-refractivity contribution in [1.29, 1.82) is 0 Å². The largest absolute Gasteiger partial charge is 0.489 e. The van der Waals surface area contributed by atoms with Gasteiger partial charge in [-0.3, -0.25) is 0 Å². The van der Waals surface area contributed by atoms with Crippen molar-refractivity contribution in [3.05, 3.63) is 124 Å². The van der Waals surface area contributed by atoms with Gasteiger partial charge < -0.3 is 9.47 Å². The van der Waals surface area contributed by atoms with Crippen molar-refractivity contribution in [1.82, 2.24) is 0 Å². The van der Waals surface area contributed by atoms with E-state index in [4.69, 9.17) is 17.3 Å². The Kier molecular flexibility index (Phi) is 8.87. The molecule has 4 rings (SSSR count). The van der Waals surface area contributed by atoms with Gasteiger partial charge in [-0.1, -0.05) is 96.5 Å². The van der Waals surface area contributed by atoms with Gasteiger partial charge in [-0.2, -0.15) is 0 Å². The molecular weight excluding hydrogens is 483 g/mol. The number of ether oxygens (including phenoxy) is 2. The summed E-state index contributed by atoms with van der Waals surface area (Å²) < 4.78 is 13.3. The fourth-order valence-corrected chi connectivity index (χ4v) is 4.50. The number of hydrogen-bond donors (Lipinski definition) is 0. The van der Waals surface area contributed by atoms with E-state index in [-0.39, 0.29) is 0 Å². The summed E-state index contributed by atoms with van der Waals surface area (Å²) in [4.78, 5) is 0. The molecule has 34 heavy (non-hydrogen) atoms. The Morgan fingerprint density at radius 2 is 1.06 bits per heavy atom. The van der Waals surface area contributed by atoms with Crippen molar-refractivity contribution < 1.29 is 9.47 Å². The molecule has 0 aromatic heterocycles.